The van der Waals surface area contributed by atoms with E-state index in [0.29, 0.717) is 22.8 Å². The molecule has 4 aromatic rings. The van der Waals surface area contributed by atoms with E-state index in [-0.39, 0.29) is 16.7 Å². The molecule has 0 radical (unpaired) electrons. The number of hydrogen-bond donors (Lipinski definition) is 0. The molecule has 0 fully saturated rings. The first-order chi connectivity index (χ1) is 15.8. The lowest BCUT2D eigenvalue weighted by Crippen LogP contribution is -2.19. The van der Waals surface area contributed by atoms with Crippen LogP contribution in [0, 0.1) is 0 Å². The first-order valence-electron chi connectivity index (χ1n) is 9.43. The number of aromatic nitrogens is 6. The third-order valence-corrected chi connectivity index (χ3v) is 5.38. The zero-order chi connectivity index (χ0) is 23.4. The van der Waals surface area contributed by atoms with Gasteiger partial charge in [0.15, 0.2) is 11.0 Å². The molecule has 0 amide bonds. The number of halogens is 5. The highest BCUT2D eigenvalue weighted by Gasteiger charge is 2.31. The molecule has 33 heavy (non-hydrogen) atoms. The van der Waals surface area contributed by atoms with E-state index >= 15 is 0 Å². The van der Waals surface area contributed by atoms with Gasteiger partial charge < -0.3 is 9.30 Å². The highest BCUT2D eigenvalue weighted by Crippen LogP contribution is 2.31. The average Bonchev–Trinajstić information content (AvgIpc) is 3.39. The van der Waals surface area contributed by atoms with E-state index < -0.39 is 19.3 Å². The summed E-state index contributed by atoms with van der Waals surface area (Å²) in [5.74, 6) is 0.427. The molecule has 172 valence electrons. The van der Waals surface area contributed by atoms with Crippen LogP contribution in [0.4, 0.5) is 22.0 Å². The molecule has 0 N–H and O–H groups in total. The molecule has 4 rings (SSSR count). The summed E-state index contributed by atoms with van der Waals surface area (Å²) in [6.45, 7) is -4.15. The van der Waals surface area contributed by atoms with Gasteiger partial charge in [-0.3, -0.25) is 0 Å². The van der Waals surface area contributed by atoms with E-state index in [1.165, 1.54) is 35.1 Å². The van der Waals surface area contributed by atoms with Gasteiger partial charge in [-0.1, -0.05) is 42.1 Å². The Hall–Kier alpha value is -3.48. The number of rotatable bonds is 8. The van der Waals surface area contributed by atoms with Crippen molar-refractivity contribution >= 4 is 11.8 Å². The molecule has 0 atom stereocenters. The monoisotopic (exact) mass is 482 g/mol. The highest BCUT2D eigenvalue weighted by molar-refractivity contribution is 7.98. The van der Waals surface area contributed by atoms with Gasteiger partial charge in [0.1, 0.15) is 12.3 Å². The molecule has 13 heteroatoms. The summed E-state index contributed by atoms with van der Waals surface area (Å²) in [4.78, 5) is 4.18. The van der Waals surface area contributed by atoms with Crippen molar-refractivity contribution < 1.29 is 26.7 Å². The van der Waals surface area contributed by atoms with Crippen molar-refractivity contribution in [2.45, 2.75) is 30.2 Å². The molecule has 2 aromatic carbocycles. The van der Waals surface area contributed by atoms with Crippen LogP contribution < -0.4 is 4.74 Å². The van der Waals surface area contributed by atoms with Gasteiger partial charge in [-0.15, -0.1) is 5.10 Å². The molecular formula is C20H15F5N6OS. The van der Waals surface area contributed by atoms with Gasteiger partial charge in [-0.25, -0.2) is 4.98 Å². The maximum atomic E-state index is 13.3. The Labute approximate surface area is 188 Å². The molecule has 0 unspecified atom stereocenters. The highest BCUT2D eigenvalue weighted by atomic mass is 32.2. The summed E-state index contributed by atoms with van der Waals surface area (Å²) in [6.07, 6.45) is -3.04. The van der Waals surface area contributed by atoms with Gasteiger partial charge >= 0.3 is 12.8 Å². The molecule has 0 aliphatic heterocycles. The Balaban J connectivity index is 1.56. The summed E-state index contributed by atoms with van der Waals surface area (Å²) in [5, 5.41) is 11.5. The van der Waals surface area contributed by atoms with Crippen molar-refractivity contribution in [2.75, 3.05) is 0 Å². The smallest absolute Gasteiger partial charge is 0.406 e. The van der Waals surface area contributed by atoms with Crippen molar-refractivity contribution in [1.82, 2.24) is 29.8 Å². The van der Waals surface area contributed by atoms with Crippen LogP contribution in [-0.2, 0) is 12.3 Å². The van der Waals surface area contributed by atoms with Crippen LogP contribution in [0.25, 0.3) is 16.9 Å². The first kappa shape index (κ1) is 22.7. The fourth-order valence-electron chi connectivity index (χ4n) is 3.04. The molecular weight excluding hydrogens is 467 g/mol. The van der Waals surface area contributed by atoms with Gasteiger partial charge in [-0.05, 0) is 40.3 Å². The lowest BCUT2D eigenvalue weighted by Gasteiger charge is -2.14. The number of nitrogens with zero attached hydrogens (tertiary/aromatic N) is 6. The van der Waals surface area contributed by atoms with Crippen LogP contribution in [-0.4, -0.2) is 42.5 Å². The number of benzene rings is 2. The molecule has 2 heterocycles. The second-order valence-corrected chi connectivity index (χ2v) is 7.60. The Bertz CT molecular complexity index is 1190. The fraction of sp³-hybridized carbons (Fsp3) is 0.200. The summed E-state index contributed by atoms with van der Waals surface area (Å²) in [6, 6.07) is 14.3. The molecule has 7 nitrogen and oxygen atoms in total. The van der Waals surface area contributed by atoms with E-state index in [1.54, 1.807) is 30.3 Å². The largest absolute Gasteiger partial charge is 0.435 e. The summed E-state index contributed by atoms with van der Waals surface area (Å²) in [5.41, 5.74) is 1.42. The predicted octanol–water partition coefficient (Wildman–Crippen LogP) is 4.98. The Morgan fingerprint density at radius 3 is 2.39 bits per heavy atom. The number of alkyl halides is 5. The van der Waals surface area contributed by atoms with E-state index in [1.807, 2.05) is 0 Å². The minimum Gasteiger partial charge on any atom is -0.435 e. The Morgan fingerprint density at radius 1 is 1.00 bits per heavy atom. The zero-order valence-corrected chi connectivity index (χ0v) is 17.5. The van der Waals surface area contributed by atoms with Crippen molar-refractivity contribution in [2.24, 2.45) is 0 Å². The molecule has 0 bridgehead atoms. The molecule has 0 aliphatic carbocycles. The van der Waals surface area contributed by atoms with Gasteiger partial charge in [0.2, 0.25) is 0 Å². The molecule has 0 spiro atoms. The normalized spacial score (nSPS) is 11.8. The van der Waals surface area contributed by atoms with E-state index in [9.17, 15) is 22.0 Å². The standard InChI is InChI=1S/C20H15F5N6OS/c21-18(22)32-15-8-6-14(7-9-15)31-17(27-28-29-31)11-33-19-26-10-16(13-4-2-1-3-5-13)30(19)12-20(23,24)25/h1-10,18H,11-12H2. The van der Waals surface area contributed by atoms with E-state index in [4.69, 9.17) is 0 Å². The molecule has 2 aromatic heterocycles. The van der Waals surface area contributed by atoms with E-state index in [2.05, 4.69) is 25.2 Å². The number of ether oxygens (including phenoxy) is 1. The third kappa shape index (κ3) is 5.66. The van der Waals surface area contributed by atoms with Crippen molar-refractivity contribution in [3.05, 3.63) is 66.6 Å². The zero-order valence-electron chi connectivity index (χ0n) is 16.7. The van der Waals surface area contributed by atoms with Crippen LogP contribution in [0.2, 0.25) is 0 Å². The molecule has 0 saturated carbocycles. The summed E-state index contributed by atoms with van der Waals surface area (Å²) >= 11 is 1.05. The van der Waals surface area contributed by atoms with Gasteiger partial charge in [0.05, 0.1) is 23.3 Å². The van der Waals surface area contributed by atoms with Gasteiger partial charge in [-0.2, -0.15) is 26.6 Å². The quantitative estimate of drug-likeness (QED) is 0.261. The summed E-state index contributed by atoms with van der Waals surface area (Å²) in [7, 11) is 0. The molecule has 0 saturated heterocycles. The summed E-state index contributed by atoms with van der Waals surface area (Å²) < 4.78 is 71.2. The fourth-order valence-corrected chi connectivity index (χ4v) is 3.92. The van der Waals surface area contributed by atoms with Crippen LogP contribution in [0.1, 0.15) is 5.82 Å². The maximum Gasteiger partial charge on any atom is 0.406 e. The Morgan fingerprint density at radius 2 is 1.73 bits per heavy atom. The van der Waals surface area contributed by atoms with Crippen LogP contribution >= 0.6 is 11.8 Å². The SMILES string of the molecule is FC(F)Oc1ccc(-n2nnnc2CSc2ncc(-c3ccccc3)n2CC(F)(F)F)cc1. The van der Waals surface area contributed by atoms with Gasteiger partial charge in [0, 0.05) is 0 Å². The topological polar surface area (TPSA) is 70.7 Å². The van der Waals surface area contributed by atoms with Crippen molar-refractivity contribution in [3.63, 3.8) is 0 Å². The second-order valence-electron chi connectivity index (χ2n) is 6.66. The average molecular weight is 482 g/mol. The van der Waals surface area contributed by atoms with Crippen molar-refractivity contribution in [3.8, 4) is 22.7 Å². The number of thioether (sulfide) groups is 1. The molecule has 0 aliphatic rings. The van der Waals surface area contributed by atoms with E-state index in [0.717, 1.165) is 16.3 Å². The maximum absolute atomic E-state index is 13.3. The lowest BCUT2D eigenvalue weighted by molar-refractivity contribution is -0.141. The van der Waals surface area contributed by atoms with Crippen LogP contribution in [0.15, 0.2) is 66.0 Å². The third-order valence-electron chi connectivity index (χ3n) is 4.40. The van der Waals surface area contributed by atoms with Crippen molar-refractivity contribution in [1.29, 1.82) is 0 Å². The minimum atomic E-state index is -4.44. The second kappa shape index (κ2) is 9.57. The number of hydrogen-bond acceptors (Lipinski definition) is 6. The minimum absolute atomic E-state index is 0.0274. The van der Waals surface area contributed by atoms with Crippen LogP contribution in [0.3, 0.4) is 0 Å². The predicted molar refractivity (Wildman–Crippen MR) is 109 cm³/mol. The van der Waals surface area contributed by atoms with Crippen LogP contribution in [0.5, 0.6) is 5.75 Å². The number of tetrazole rings is 1. The lowest BCUT2D eigenvalue weighted by atomic mass is 10.2. The van der Waals surface area contributed by atoms with Gasteiger partial charge in [0.25, 0.3) is 0 Å². The number of imidazole rings is 1. The Kier molecular flexibility index (Phi) is 6.58. The first-order valence-corrected chi connectivity index (χ1v) is 10.4.